The molecule has 3 heteroatoms. The number of ether oxygens (including phenoxy) is 1. The minimum Gasteiger partial charge on any atom is -0.493 e. The average molecular weight is 246 g/mol. The van der Waals surface area contributed by atoms with Crippen molar-refractivity contribution in [2.24, 2.45) is 11.7 Å². The molecule has 3 unspecified atom stereocenters. The Morgan fingerprint density at radius 1 is 1.33 bits per heavy atom. The highest BCUT2D eigenvalue weighted by molar-refractivity contribution is 5.38. The molecule has 0 bridgehead atoms. The van der Waals surface area contributed by atoms with Gasteiger partial charge in [0.05, 0.1) is 6.61 Å². The van der Waals surface area contributed by atoms with E-state index in [1.54, 1.807) is 0 Å². The van der Waals surface area contributed by atoms with E-state index in [1.165, 1.54) is 5.56 Å². The molecule has 0 aliphatic carbocycles. The van der Waals surface area contributed by atoms with Crippen LogP contribution in [0.5, 0.6) is 5.75 Å². The van der Waals surface area contributed by atoms with Gasteiger partial charge in [-0.2, -0.15) is 0 Å². The number of fused-ring (bicyclic) bond motifs is 1. The summed E-state index contributed by atoms with van der Waals surface area (Å²) in [5, 5.41) is 0. The number of nitrogens with two attached hydrogens (primary N) is 1. The number of hydrogen-bond acceptors (Lipinski definition) is 3. The lowest BCUT2D eigenvalue weighted by atomic mass is 9.93. The standard InChI is InChI=1S/C15H22N2O/c1-11-8-17(10-14(11)16)9-12-6-7-18-15-5-3-2-4-13(12)15/h2-5,11-12,14H,6-10,16H2,1H3. The van der Waals surface area contributed by atoms with Gasteiger partial charge in [-0.05, 0) is 24.0 Å². The molecule has 0 spiro atoms. The van der Waals surface area contributed by atoms with Gasteiger partial charge in [0.1, 0.15) is 5.75 Å². The summed E-state index contributed by atoms with van der Waals surface area (Å²) in [6, 6.07) is 8.80. The number of nitrogens with zero attached hydrogens (tertiary/aromatic N) is 1. The summed E-state index contributed by atoms with van der Waals surface area (Å²) in [5.74, 6) is 2.30. The summed E-state index contributed by atoms with van der Waals surface area (Å²) in [5.41, 5.74) is 7.47. The molecule has 2 aliphatic rings. The van der Waals surface area contributed by atoms with Gasteiger partial charge in [0.15, 0.2) is 0 Å². The molecular weight excluding hydrogens is 224 g/mol. The second-order valence-corrected chi connectivity index (χ2v) is 5.73. The van der Waals surface area contributed by atoms with Crippen LogP contribution in [0.4, 0.5) is 0 Å². The van der Waals surface area contributed by atoms with Gasteiger partial charge in [0, 0.05) is 31.6 Å². The molecule has 2 heterocycles. The number of hydrogen-bond donors (Lipinski definition) is 1. The van der Waals surface area contributed by atoms with Gasteiger partial charge in [-0.3, -0.25) is 0 Å². The maximum atomic E-state index is 6.10. The van der Waals surface area contributed by atoms with Crippen molar-refractivity contribution in [3.8, 4) is 5.75 Å². The first-order chi connectivity index (χ1) is 8.74. The second kappa shape index (κ2) is 4.90. The van der Waals surface area contributed by atoms with E-state index in [0.29, 0.717) is 17.9 Å². The zero-order valence-corrected chi connectivity index (χ0v) is 11.0. The lowest BCUT2D eigenvalue weighted by Gasteiger charge is -2.29. The highest BCUT2D eigenvalue weighted by atomic mass is 16.5. The Bertz CT molecular complexity index is 411. The SMILES string of the molecule is CC1CN(CC2CCOc3ccccc32)CC1N. The smallest absolute Gasteiger partial charge is 0.122 e. The van der Waals surface area contributed by atoms with Gasteiger partial charge in [-0.15, -0.1) is 0 Å². The van der Waals surface area contributed by atoms with Crippen LogP contribution in [0.25, 0.3) is 0 Å². The molecule has 18 heavy (non-hydrogen) atoms. The van der Waals surface area contributed by atoms with Gasteiger partial charge in [-0.25, -0.2) is 0 Å². The second-order valence-electron chi connectivity index (χ2n) is 5.73. The van der Waals surface area contributed by atoms with E-state index in [2.05, 4.69) is 36.1 Å². The molecule has 3 nitrogen and oxygen atoms in total. The number of para-hydroxylation sites is 1. The minimum absolute atomic E-state index is 0.347. The maximum absolute atomic E-state index is 6.10. The van der Waals surface area contributed by atoms with Crippen LogP contribution in [-0.4, -0.2) is 37.2 Å². The largest absolute Gasteiger partial charge is 0.493 e. The first kappa shape index (κ1) is 12.0. The topological polar surface area (TPSA) is 38.5 Å². The van der Waals surface area contributed by atoms with Crippen LogP contribution in [-0.2, 0) is 0 Å². The van der Waals surface area contributed by atoms with Crippen LogP contribution in [0.2, 0.25) is 0 Å². The van der Waals surface area contributed by atoms with Crippen LogP contribution >= 0.6 is 0 Å². The molecule has 2 aliphatic heterocycles. The molecule has 98 valence electrons. The Morgan fingerprint density at radius 3 is 2.94 bits per heavy atom. The third-order valence-corrected chi connectivity index (χ3v) is 4.31. The van der Waals surface area contributed by atoms with Crippen LogP contribution in [0, 0.1) is 5.92 Å². The third kappa shape index (κ3) is 2.25. The third-order valence-electron chi connectivity index (χ3n) is 4.31. The van der Waals surface area contributed by atoms with Crippen molar-refractivity contribution in [3.05, 3.63) is 29.8 Å². The van der Waals surface area contributed by atoms with Gasteiger partial charge < -0.3 is 15.4 Å². The Morgan fingerprint density at radius 2 is 2.17 bits per heavy atom. The quantitative estimate of drug-likeness (QED) is 0.865. The van der Waals surface area contributed by atoms with Crippen molar-refractivity contribution in [1.82, 2.24) is 4.90 Å². The fraction of sp³-hybridized carbons (Fsp3) is 0.600. The predicted octanol–water partition coefficient (Wildman–Crippen LogP) is 1.83. The molecule has 0 radical (unpaired) electrons. The molecule has 0 saturated carbocycles. The Kier molecular flexibility index (Phi) is 3.27. The Labute approximate surface area is 109 Å². The zero-order valence-electron chi connectivity index (χ0n) is 11.0. The van der Waals surface area contributed by atoms with Crippen LogP contribution in [0.3, 0.4) is 0 Å². The molecule has 1 aromatic carbocycles. The van der Waals surface area contributed by atoms with Crippen molar-refractivity contribution in [2.45, 2.75) is 25.3 Å². The maximum Gasteiger partial charge on any atom is 0.122 e. The van der Waals surface area contributed by atoms with Crippen molar-refractivity contribution in [1.29, 1.82) is 0 Å². The van der Waals surface area contributed by atoms with Gasteiger partial charge in [0.2, 0.25) is 0 Å². The van der Waals surface area contributed by atoms with E-state index in [1.807, 2.05) is 0 Å². The summed E-state index contributed by atoms with van der Waals surface area (Å²) >= 11 is 0. The van der Waals surface area contributed by atoms with Crippen molar-refractivity contribution >= 4 is 0 Å². The van der Waals surface area contributed by atoms with E-state index < -0.39 is 0 Å². The highest BCUT2D eigenvalue weighted by Gasteiger charge is 2.30. The van der Waals surface area contributed by atoms with Gasteiger partial charge in [-0.1, -0.05) is 25.1 Å². The lowest BCUT2D eigenvalue weighted by Crippen LogP contribution is -2.32. The summed E-state index contributed by atoms with van der Waals surface area (Å²) in [6.45, 7) is 6.40. The summed E-state index contributed by atoms with van der Waals surface area (Å²) in [6.07, 6.45) is 1.12. The average Bonchev–Trinajstić information content (AvgIpc) is 2.69. The molecule has 1 saturated heterocycles. The van der Waals surface area contributed by atoms with E-state index >= 15 is 0 Å². The van der Waals surface area contributed by atoms with E-state index in [0.717, 1.165) is 38.4 Å². The Balaban J connectivity index is 1.71. The summed E-state index contributed by atoms with van der Waals surface area (Å²) < 4.78 is 5.72. The van der Waals surface area contributed by atoms with Crippen LogP contribution < -0.4 is 10.5 Å². The van der Waals surface area contributed by atoms with Gasteiger partial charge in [0.25, 0.3) is 0 Å². The number of benzene rings is 1. The number of likely N-dealkylation sites (tertiary alicyclic amines) is 1. The molecule has 2 N–H and O–H groups in total. The molecular formula is C15H22N2O. The first-order valence-electron chi connectivity index (χ1n) is 6.93. The monoisotopic (exact) mass is 246 g/mol. The number of rotatable bonds is 2. The fourth-order valence-corrected chi connectivity index (χ4v) is 3.16. The van der Waals surface area contributed by atoms with Crippen LogP contribution in [0.15, 0.2) is 24.3 Å². The predicted molar refractivity (Wildman–Crippen MR) is 72.9 cm³/mol. The molecule has 0 amide bonds. The zero-order chi connectivity index (χ0) is 12.5. The van der Waals surface area contributed by atoms with Crippen molar-refractivity contribution < 1.29 is 4.74 Å². The summed E-state index contributed by atoms with van der Waals surface area (Å²) in [4.78, 5) is 2.52. The summed E-state index contributed by atoms with van der Waals surface area (Å²) in [7, 11) is 0. The fourth-order valence-electron chi connectivity index (χ4n) is 3.16. The molecule has 1 aromatic rings. The molecule has 1 fully saturated rings. The van der Waals surface area contributed by atoms with E-state index in [9.17, 15) is 0 Å². The molecule has 3 atom stereocenters. The highest BCUT2D eigenvalue weighted by Crippen LogP contribution is 2.34. The minimum atomic E-state index is 0.347. The lowest BCUT2D eigenvalue weighted by molar-refractivity contribution is 0.229. The van der Waals surface area contributed by atoms with Crippen molar-refractivity contribution in [2.75, 3.05) is 26.2 Å². The van der Waals surface area contributed by atoms with E-state index in [-0.39, 0.29) is 0 Å². The Hall–Kier alpha value is -1.06. The molecule has 3 rings (SSSR count). The normalized spacial score (nSPS) is 32.0. The molecule has 0 aromatic heterocycles. The van der Waals surface area contributed by atoms with Crippen molar-refractivity contribution in [3.63, 3.8) is 0 Å². The first-order valence-corrected chi connectivity index (χ1v) is 6.93. The van der Waals surface area contributed by atoms with Gasteiger partial charge >= 0.3 is 0 Å². The van der Waals surface area contributed by atoms with Crippen LogP contribution in [0.1, 0.15) is 24.8 Å². The van der Waals surface area contributed by atoms with E-state index in [4.69, 9.17) is 10.5 Å².